The summed E-state index contributed by atoms with van der Waals surface area (Å²) in [4.78, 5) is 26.4. The van der Waals surface area contributed by atoms with Gasteiger partial charge in [0.2, 0.25) is 0 Å². The molecule has 2 aliphatic rings. The number of halogens is 1. The highest BCUT2D eigenvalue weighted by Gasteiger charge is 2.27. The van der Waals surface area contributed by atoms with Gasteiger partial charge in [-0.25, -0.2) is 9.18 Å². The van der Waals surface area contributed by atoms with Gasteiger partial charge in [0, 0.05) is 30.4 Å². The number of nitrogens with zero attached hydrogens (tertiary/aromatic N) is 3. The first kappa shape index (κ1) is 25.0. The Hall–Kier alpha value is -3.62. The van der Waals surface area contributed by atoms with E-state index in [1.165, 1.54) is 12.5 Å². The first-order chi connectivity index (χ1) is 17.8. The fourth-order valence-corrected chi connectivity index (χ4v) is 5.42. The number of carbonyl (C=O) groups is 1. The summed E-state index contributed by atoms with van der Waals surface area (Å²) in [6, 6.07) is 7.82. The maximum atomic E-state index is 15.5. The number of ether oxygens (including phenoxy) is 1. The molecule has 0 radical (unpaired) electrons. The predicted molar refractivity (Wildman–Crippen MR) is 141 cm³/mol. The largest absolute Gasteiger partial charge is 0.490 e. The van der Waals surface area contributed by atoms with Crippen LogP contribution in [0.25, 0.3) is 5.69 Å². The lowest BCUT2D eigenvalue weighted by Gasteiger charge is -2.29. The third-order valence-electron chi connectivity index (χ3n) is 7.74. The number of rotatable bonds is 6. The average molecular weight is 508 g/mol. The molecule has 1 aliphatic heterocycles. The minimum absolute atomic E-state index is 0.0190. The molecule has 1 unspecified atom stereocenters. The number of anilines is 2. The molecule has 2 aromatic carbocycles. The van der Waals surface area contributed by atoms with Gasteiger partial charge in [0.15, 0.2) is 0 Å². The standard InChI is InChI=1S/C28H34FN5O3/c1-17-22(30)11-8-12-23(17)31-27(35)20-15-21(29)24(34-28(36)33-14-7-6-13-26(33)32-34)16-25(20)37-18(2)19-9-4-3-5-10-19/h8,11-12,15-16,18-19H,3-7,9-10,13-14,30H2,1-2H3,(H,31,35). The van der Waals surface area contributed by atoms with E-state index in [4.69, 9.17) is 10.5 Å². The van der Waals surface area contributed by atoms with Gasteiger partial charge in [0.1, 0.15) is 23.1 Å². The van der Waals surface area contributed by atoms with Gasteiger partial charge in [-0.15, -0.1) is 5.10 Å². The van der Waals surface area contributed by atoms with Crippen LogP contribution in [0.15, 0.2) is 35.1 Å². The first-order valence-electron chi connectivity index (χ1n) is 13.2. The van der Waals surface area contributed by atoms with Crippen molar-refractivity contribution in [2.24, 2.45) is 5.92 Å². The Morgan fingerprint density at radius 2 is 1.97 bits per heavy atom. The van der Waals surface area contributed by atoms with Gasteiger partial charge in [0.05, 0.1) is 11.7 Å². The van der Waals surface area contributed by atoms with Crippen molar-refractivity contribution in [1.82, 2.24) is 14.3 Å². The summed E-state index contributed by atoms with van der Waals surface area (Å²) in [7, 11) is 0. The maximum Gasteiger partial charge on any atom is 0.350 e. The van der Waals surface area contributed by atoms with Gasteiger partial charge >= 0.3 is 5.69 Å². The Morgan fingerprint density at radius 3 is 2.73 bits per heavy atom. The molecule has 3 N–H and O–H groups in total. The number of amides is 1. The number of benzene rings is 2. The topological polar surface area (TPSA) is 104 Å². The number of nitrogens with two attached hydrogens (primary N) is 1. The summed E-state index contributed by atoms with van der Waals surface area (Å²) in [5.41, 5.74) is 7.47. The molecule has 37 heavy (non-hydrogen) atoms. The van der Waals surface area contributed by atoms with E-state index >= 15 is 4.39 Å². The van der Waals surface area contributed by atoms with Crippen molar-refractivity contribution in [1.29, 1.82) is 0 Å². The van der Waals surface area contributed by atoms with E-state index in [1.54, 1.807) is 22.8 Å². The Labute approximate surface area is 215 Å². The molecule has 1 aromatic heterocycles. The van der Waals surface area contributed by atoms with Crippen molar-refractivity contribution in [3.05, 3.63) is 63.6 Å². The summed E-state index contributed by atoms with van der Waals surface area (Å²) in [6.45, 7) is 4.37. The monoisotopic (exact) mass is 507 g/mol. The molecule has 1 fully saturated rings. The molecule has 3 aromatic rings. The third-order valence-corrected chi connectivity index (χ3v) is 7.74. The fourth-order valence-electron chi connectivity index (χ4n) is 5.42. The zero-order valence-electron chi connectivity index (χ0n) is 21.4. The Morgan fingerprint density at radius 1 is 1.19 bits per heavy atom. The molecule has 1 saturated carbocycles. The van der Waals surface area contributed by atoms with Crippen molar-refractivity contribution in [2.75, 3.05) is 11.1 Å². The van der Waals surface area contributed by atoms with Gasteiger partial charge in [-0.1, -0.05) is 25.3 Å². The highest BCUT2D eigenvalue weighted by atomic mass is 19.1. The van der Waals surface area contributed by atoms with Crippen LogP contribution >= 0.6 is 0 Å². The van der Waals surface area contributed by atoms with E-state index in [2.05, 4.69) is 10.4 Å². The van der Waals surface area contributed by atoms with Crippen LogP contribution in [0.3, 0.4) is 0 Å². The summed E-state index contributed by atoms with van der Waals surface area (Å²) in [5, 5.41) is 7.26. The lowest BCUT2D eigenvalue weighted by atomic mass is 9.86. The van der Waals surface area contributed by atoms with E-state index in [-0.39, 0.29) is 28.8 Å². The molecular weight excluding hydrogens is 473 g/mol. The lowest BCUT2D eigenvalue weighted by Crippen LogP contribution is -2.28. The second-order valence-electron chi connectivity index (χ2n) is 10.2. The van der Waals surface area contributed by atoms with Crippen LogP contribution in [0, 0.1) is 18.7 Å². The maximum absolute atomic E-state index is 15.5. The molecule has 196 valence electrons. The smallest absolute Gasteiger partial charge is 0.350 e. The fraction of sp³-hybridized carbons (Fsp3) is 0.464. The summed E-state index contributed by atoms with van der Waals surface area (Å²) in [5.74, 6) is -0.0119. The van der Waals surface area contributed by atoms with E-state index < -0.39 is 11.7 Å². The van der Waals surface area contributed by atoms with E-state index in [0.29, 0.717) is 36.1 Å². The number of nitrogens with one attached hydrogen (secondary N) is 1. The molecule has 1 amide bonds. The zero-order valence-corrected chi connectivity index (χ0v) is 21.4. The van der Waals surface area contributed by atoms with E-state index in [0.717, 1.165) is 54.8 Å². The molecule has 0 spiro atoms. The Bertz CT molecular complexity index is 1370. The minimum atomic E-state index is -0.718. The zero-order chi connectivity index (χ0) is 26.1. The molecule has 5 rings (SSSR count). The number of hydrogen-bond donors (Lipinski definition) is 2. The molecule has 0 saturated heterocycles. The number of aryl methyl sites for hydroxylation is 1. The van der Waals surface area contributed by atoms with E-state index in [9.17, 15) is 9.59 Å². The van der Waals surface area contributed by atoms with Crippen molar-refractivity contribution in [2.45, 2.75) is 77.9 Å². The van der Waals surface area contributed by atoms with Crippen molar-refractivity contribution < 1.29 is 13.9 Å². The van der Waals surface area contributed by atoms with Crippen LogP contribution in [0.2, 0.25) is 0 Å². The average Bonchev–Trinajstić information content (AvgIpc) is 3.24. The normalized spacial score (nSPS) is 16.7. The van der Waals surface area contributed by atoms with Gasteiger partial charge in [-0.05, 0) is 69.2 Å². The van der Waals surface area contributed by atoms with E-state index in [1.807, 2.05) is 13.8 Å². The number of aromatic nitrogens is 3. The molecule has 8 nitrogen and oxygen atoms in total. The van der Waals surface area contributed by atoms with Gasteiger partial charge in [-0.2, -0.15) is 4.68 Å². The number of fused-ring (bicyclic) bond motifs is 1. The second kappa shape index (κ2) is 10.4. The minimum Gasteiger partial charge on any atom is -0.490 e. The van der Waals surface area contributed by atoms with Crippen molar-refractivity contribution in [3.63, 3.8) is 0 Å². The number of nitrogen functional groups attached to an aromatic ring is 1. The second-order valence-corrected chi connectivity index (χ2v) is 10.2. The SMILES string of the molecule is Cc1c(N)cccc1NC(=O)c1cc(F)c(-n2nc3n(c2=O)CCCC3)cc1OC(C)C1CCCCC1. The van der Waals surface area contributed by atoms with Crippen LogP contribution in [0.4, 0.5) is 15.8 Å². The van der Waals surface area contributed by atoms with Gasteiger partial charge in [0.25, 0.3) is 5.91 Å². The predicted octanol–water partition coefficient (Wildman–Crippen LogP) is 5.00. The lowest BCUT2D eigenvalue weighted by molar-refractivity contribution is 0.0997. The summed E-state index contributed by atoms with van der Waals surface area (Å²) in [6.07, 6.45) is 7.92. The van der Waals surface area contributed by atoms with Crippen LogP contribution < -0.4 is 21.5 Å². The van der Waals surface area contributed by atoms with Gasteiger partial charge < -0.3 is 15.8 Å². The van der Waals surface area contributed by atoms with Crippen LogP contribution in [-0.2, 0) is 13.0 Å². The van der Waals surface area contributed by atoms with Crippen LogP contribution in [0.5, 0.6) is 5.75 Å². The number of hydrogen-bond acceptors (Lipinski definition) is 5. The quantitative estimate of drug-likeness (QED) is 0.457. The Balaban J connectivity index is 1.54. The molecule has 1 atom stereocenters. The highest BCUT2D eigenvalue weighted by Crippen LogP contribution is 2.33. The summed E-state index contributed by atoms with van der Waals surface area (Å²) < 4.78 is 24.6. The Kier molecular flexibility index (Phi) is 7.04. The van der Waals surface area contributed by atoms with Crippen molar-refractivity contribution in [3.8, 4) is 11.4 Å². The summed E-state index contributed by atoms with van der Waals surface area (Å²) >= 11 is 0. The van der Waals surface area contributed by atoms with Crippen LogP contribution in [0.1, 0.15) is 73.6 Å². The van der Waals surface area contributed by atoms with Crippen LogP contribution in [-0.4, -0.2) is 26.4 Å². The molecule has 0 bridgehead atoms. The van der Waals surface area contributed by atoms with Gasteiger partial charge in [-0.3, -0.25) is 9.36 Å². The molecule has 1 aliphatic carbocycles. The molecule has 9 heteroatoms. The number of carbonyl (C=O) groups excluding carboxylic acids is 1. The third kappa shape index (κ3) is 4.99. The van der Waals surface area contributed by atoms with Crippen molar-refractivity contribution >= 4 is 17.3 Å². The first-order valence-corrected chi connectivity index (χ1v) is 13.2. The molecular formula is C28H34FN5O3. The highest BCUT2D eigenvalue weighted by molar-refractivity contribution is 6.07. The molecule has 2 heterocycles.